The Hall–Kier alpha value is -3.13. The van der Waals surface area contributed by atoms with Crippen molar-refractivity contribution < 1.29 is 4.79 Å². The van der Waals surface area contributed by atoms with Gasteiger partial charge in [-0.15, -0.1) is 0 Å². The van der Waals surface area contributed by atoms with Crippen LogP contribution in [0, 0.1) is 17.2 Å². The highest BCUT2D eigenvalue weighted by Gasteiger charge is 2.44. The summed E-state index contributed by atoms with van der Waals surface area (Å²) in [7, 11) is 7.68. The zero-order valence-electron chi connectivity index (χ0n) is 16.1. The lowest BCUT2D eigenvalue weighted by molar-refractivity contribution is -0.121. The maximum atomic E-state index is 13.3. The second-order valence-corrected chi connectivity index (χ2v) is 7.17. The molecule has 1 aliphatic heterocycles. The number of hydrogen-bond donors (Lipinski definition) is 0. The first kappa shape index (κ1) is 18.7. The first-order valence-electron chi connectivity index (χ1n) is 8.94. The number of ketones is 1. The number of carbonyl (C=O) groups is 1. The molecule has 3 rings (SSSR count). The van der Waals surface area contributed by atoms with Gasteiger partial charge < -0.3 is 9.80 Å². The van der Waals surface area contributed by atoms with Crippen molar-refractivity contribution in [2.75, 3.05) is 33.1 Å². The minimum absolute atomic E-state index is 0.0202. The normalized spacial score (nSPS) is 20.0. The van der Waals surface area contributed by atoms with E-state index in [9.17, 15) is 10.1 Å². The van der Waals surface area contributed by atoms with Crippen LogP contribution in [0.1, 0.15) is 23.1 Å². The van der Waals surface area contributed by atoms with Gasteiger partial charge in [0.15, 0.2) is 5.78 Å². The molecule has 0 aromatic heterocycles. The van der Waals surface area contributed by atoms with E-state index in [0.717, 1.165) is 16.8 Å². The van der Waals surface area contributed by atoms with Crippen LogP contribution in [0.25, 0.3) is 0 Å². The molecular formula is C22H24N4O. The first-order chi connectivity index (χ1) is 12.9. The number of benzene rings is 2. The molecule has 0 amide bonds. The SMILES string of the molecule is CN(C)C1=NC(c2ccccc2)C(=O)C1C(C#N)c1ccc(N(C)C)cc1. The zero-order chi connectivity index (χ0) is 19.6. The quantitative estimate of drug-likeness (QED) is 0.840. The molecule has 0 N–H and O–H groups in total. The van der Waals surface area contributed by atoms with Gasteiger partial charge in [-0.1, -0.05) is 42.5 Å². The van der Waals surface area contributed by atoms with E-state index in [4.69, 9.17) is 4.99 Å². The summed E-state index contributed by atoms with van der Waals surface area (Å²) in [6.07, 6.45) is 0. The van der Waals surface area contributed by atoms with Crippen LogP contribution < -0.4 is 4.90 Å². The van der Waals surface area contributed by atoms with Crippen LogP contribution in [0.3, 0.4) is 0 Å². The highest BCUT2D eigenvalue weighted by molar-refractivity contribution is 6.12. The van der Waals surface area contributed by atoms with Gasteiger partial charge in [0, 0.05) is 33.9 Å². The average molecular weight is 360 g/mol. The third-order valence-electron chi connectivity index (χ3n) is 4.93. The lowest BCUT2D eigenvalue weighted by atomic mass is 9.82. The fourth-order valence-corrected chi connectivity index (χ4v) is 3.48. The zero-order valence-corrected chi connectivity index (χ0v) is 16.1. The van der Waals surface area contributed by atoms with Gasteiger partial charge in [-0.05, 0) is 23.3 Å². The smallest absolute Gasteiger partial charge is 0.174 e. The lowest BCUT2D eigenvalue weighted by Gasteiger charge is -2.23. The van der Waals surface area contributed by atoms with Crippen LogP contribution in [0.4, 0.5) is 5.69 Å². The number of amidine groups is 1. The van der Waals surface area contributed by atoms with Gasteiger partial charge in [0.2, 0.25) is 0 Å². The molecule has 27 heavy (non-hydrogen) atoms. The molecule has 0 saturated heterocycles. The summed E-state index contributed by atoms with van der Waals surface area (Å²) in [4.78, 5) is 21.8. The summed E-state index contributed by atoms with van der Waals surface area (Å²) in [5.41, 5.74) is 2.76. The van der Waals surface area contributed by atoms with Gasteiger partial charge >= 0.3 is 0 Å². The topological polar surface area (TPSA) is 59.7 Å². The van der Waals surface area contributed by atoms with E-state index >= 15 is 0 Å². The summed E-state index contributed by atoms with van der Waals surface area (Å²) in [6, 6.07) is 19.2. The molecule has 5 heteroatoms. The minimum atomic E-state index is -0.569. The third-order valence-corrected chi connectivity index (χ3v) is 4.93. The summed E-state index contributed by atoms with van der Waals surface area (Å²) in [6.45, 7) is 0. The standard InChI is InChI=1S/C22H24N4O/c1-25(2)17-12-10-15(11-13-17)18(14-23)19-21(27)20(24-22(19)26(3)4)16-8-6-5-7-9-16/h5-13,18-20H,1-4H3. The average Bonchev–Trinajstić information content (AvgIpc) is 3.01. The Bertz CT molecular complexity index is 879. The van der Waals surface area contributed by atoms with Crippen LogP contribution in [-0.2, 0) is 4.79 Å². The molecule has 0 saturated carbocycles. The Labute approximate surface area is 160 Å². The van der Waals surface area contributed by atoms with Crippen molar-refractivity contribution in [3.8, 4) is 6.07 Å². The van der Waals surface area contributed by atoms with E-state index in [1.165, 1.54) is 0 Å². The van der Waals surface area contributed by atoms with Crippen molar-refractivity contribution >= 4 is 17.3 Å². The molecule has 1 aliphatic rings. The second-order valence-electron chi connectivity index (χ2n) is 7.17. The Morgan fingerprint density at radius 2 is 1.59 bits per heavy atom. The molecule has 2 aromatic rings. The van der Waals surface area contributed by atoms with Gasteiger partial charge in [-0.3, -0.25) is 9.79 Å². The molecule has 0 spiro atoms. The molecule has 0 fully saturated rings. The number of rotatable bonds is 4. The van der Waals surface area contributed by atoms with E-state index in [1.807, 2.05) is 92.6 Å². The Kier molecular flexibility index (Phi) is 5.27. The minimum Gasteiger partial charge on any atom is -0.378 e. The van der Waals surface area contributed by atoms with Crippen molar-refractivity contribution in [1.29, 1.82) is 5.26 Å². The van der Waals surface area contributed by atoms with Gasteiger partial charge in [0.05, 0.1) is 17.9 Å². The highest BCUT2D eigenvalue weighted by atomic mass is 16.1. The molecule has 0 radical (unpaired) electrons. The highest BCUT2D eigenvalue weighted by Crippen LogP contribution is 2.38. The number of carbonyl (C=O) groups excluding carboxylic acids is 1. The molecule has 3 unspecified atom stereocenters. The number of Topliss-reactive ketones (excluding diaryl/α,β-unsaturated/α-hetero) is 1. The second kappa shape index (κ2) is 7.63. The predicted molar refractivity (Wildman–Crippen MR) is 108 cm³/mol. The molecule has 2 aromatic carbocycles. The monoisotopic (exact) mass is 360 g/mol. The molecule has 138 valence electrons. The maximum absolute atomic E-state index is 13.3. The fraction of sp³-hybridized carbons (Fsp3) is 0.318. The number of anilines is 1. The Morgan fingerprint density at radius 1 is 0.963 bits per heavy atom. The molecule has 3 atom stereocenters. The van der Waals surface area contributed by atoms with Crippen molar-refractivity contribution in [2.45, 2.75) is 12.0 Å². The predicted octanol–water partition coefficient (Wildman–Crippen LogP) is 3.26. The van der Waals surface area contributed by atoms with Crippen molar-refractivity contribution in [2.24, 2.45) is 10.9 Å². The van der Waals surface area contributed by atoms with Crippen molar-refractivity contribution in [3.63, 3.8) is 0 Å². The Balaban J connectivity index is 1.98. The summed E-state index contributed by atoms with van der Waals surface area (Å²) < 4.78 is 0. The number of hydrogen-bond acceptors (Lipinski definition) is 5. The first-order valence-corrected chi connectivity index (χ1v) is 8.94. The summed E-state index contributed by atoms with van der Waals surface area (Å²) >= 11 is 0. The van der Waals surface area contributed by atoms with Crippen molar-refractivity contribution in [3.05, 3.63) is 65.7 Å². The van der Waals surface area contributed by atoms with Gasteiger partial charge in [-0.25, -0.2) is 0 Å². The van der Waals surface area contributed by atoms with Crippen LogP contribution in [-0.4, -0.2) is 44.7 Å². The van der Waals surface area contributed by atoms with Crippen LogP contribution >= 0.6 is 0 Å². The molecule has 0 bridgehead atoms. The fourth-order valence-electron chi connectivity index (χ4n) is 3.48. The van der Waals surface area contributed by atoms with E-state index in [2.05, 4.69) is 6.07 Å². The molecule has 1 heterocycles. The Morgan fingerprint density at radius 3 is 2.11 bits per heavy atom. The van der Waals surface area contributed by atoms with Crippen LogP contribution in [0.2, 0.25) is 0 Å². The van der Waals surface area contributed by atoms with E-state index in [1.54, 1.807) is 0 Å². The van der Waals surface area contributed by atoms with Gasteiger partial charge in [0.25, 0.3) is 0 Å². The molecule has 0 aliphatic carbocycles. The largest absolute Gasteiger partial charge is 0.378 e. The summed E-state index contributed by atoms with van der Waals surface area (Å²) in [5, 5.41) is 9.91. The number of aliphatic imine (C=N–C) groups is 1. The van der Waals surface area contributed by atoms with Crippen LogP contribution in [0.15, 0.2) is 59.6 Å². The molecular weight excluding hydrogens is 336 g/mol. The third kappa shape index (κ3) is 3.56. The van der Waals surface area contributed by atoms with E-state index in [0.29, 0.717) is 5.84 Å². The maximum Gasteiger partial charge on any atom is 0.174 e. The van der Waals surface area contributed by atoms with Gasteiger partial charge in [-0.2, -0.15) is 5.26 Å². The van der Waals surface area contributed by atoms with Gasteiger partial charge in [0.1, 0.15) is 11.9 Å². The number of nitriles is 1. The van der Waals surface area contributed by atoms with E-state index < -0.39 is 17.9 Å². The summed E-state index contributed by atoms with van der Waals surface area (Å²) in [5.74, 6) is -0.491. The van der Waals surface area contributed by atoms with Crippen LogP contribution in [0.5, 0.6) is 0 Å². The lowest BCUT2D eigenvalue weighted by Crippen LogP contribution is -2.34. The molecule has 5 nitrogen and oxygen atoms in total. The van der Waals surface area contributed by atoms with E-state index in [-0.39, 0.29) is 5.78 Å². The number of nitrogens with zero attached hydrogens (tertiary/aromatic N) is 4. The van der Waals surface area contributed by atoms with Crippen molar-refractivity contribution in [1.82, 2.24) is 4.90 Å².